The molecule has 0 aliphatic carbocycles. The second kappa shape index (κ2) is 8.98. The van der Waals surface area contributed by atoms with Crippen molar-refractivity contribution in [2.45, 2.75) is 6.61 Å². The number of amides is 1. The largest absolute Gasteiger partial charge is 0.487 e. The van der Waals surface area contributed by atoms with Crippen molar-refractivity contribution >= 4 is 40.8 Å². The molecule has 0 radical (unpaired) electrons. The highest BCUT2D eigenvalue weighted by Gasteiger charge is 2.19. The molecule has 0 saturated heterocycles. The van der Waals surface area contributed by atoms with Gasteiger partial charge >= 0.3 is 5.97 Å². The Kier molecular flexibility index (Phi) is 6.41. The number of hydrogen-bond acceptors (Lipinski definition) is 5. The highest BCUT2D eigenvalue weighted by atomic mass is 35.5. The summed E-state index contributed by atoms with van der Waals surface area (Å²) in [7, 11) is 2.89. The van der Waals surface area contributed by atoms with Crippen molar-refractivity contribution < 1.29 is 19.1 Å². The second-order valence-corrected chi connectivity index (χ2v) is 6.92. The summed E-state index contributed by atoms with van der Waals surface area (Å²) in [4.78, 5) is 24.4. The number of anilines is 1. The molecule has 7 nitrogen and oxygen atoms in total. The minimum atomic E-state index is -0.636. The van der Waals surface area contributed by atoms with Crippen LogP contribution in [0.4, 0.5) is 5.69 Å². The van der Waals surface area contributed by atoms with E-state index in [9.17, 15) is 9.59 Å². The second-order valence-electron chi connectivity index (χ2n) is 6.07. The van der Waals surface area contributed by atoms with Crippen LogP contribution in [0.2, 0.25) is 10.0 Å². The molecule has 150 valence electrons. The molecule has 1 amide bonds. The predicted molar refractivity (Wildman–Crippen MR) is 110 cm³/mol. The molecular weight excluding hydrogens is 417 g/mol. The molecule has 0 bridgehead atoms. The summed E-state index contributed by atoms with van der Waals surface area (Å²) in [6, 6.07) is 11.9. The van der Waals surface area contributed by atoms with Crippen LogP contribution in [0.5, 0.6) is 5.75 Å². The number of methoxy groups -OCH3 is 1. The van der Waals surface area contributed by atoms with Gasteiger partial charge in [-0.25, -0.2) is 4.79 Å². The predicted octanol–water partition coefficient (Wildman–Crippen LogP) is 4.34. The van der Waals surface area contributed by atoms with Crippen LogP contribution < -0.4 is 10.1 Å². The van der Waals surface area contributed by atoms with Gasteiger partial charge in [-0.05, 0) is 35.9 Å². The first-order valence-electron chi connectivity index (χ1n) is 8.47. The minimum absolute atomic E-state index is 0.0280. The smallest absolute Gasteiger partial charge is 0.360 e. The van der Waals surface area contributed by atoms with Gasteiger partial charge in [-0.15, -0.1) is 0 Å². The van der Waals surface area contributed by atoms with Crippen LogP contribution in [-0.2, 0) is 18.4 Å². The molecule has 0 saturated carbocycles. The molecule has 0 aliphatic rings. The number of nitrogens with one attached hydrogen (secondary N) is 1. The van der Waals surface area contributed by atoms with E-state index in [0.717, 1.165) is 5.56 Å². The van der Waals surface area contributed by atoms with Crippen molar-refractivity contribution in [2.75, 3.05) is 12.4 Å². The summed E-state index contributed by atoms with van der Waals surface area (Å²) in [5, 5.41) is 7.61. The van der Waals surface area contributed by atoms with E-state index >= 15 is 0 Å². The number of hydrogen-bond donors (Lipinski definition) is 1. The average molecular weight is 434 g/mol. The summed E-state index contributed by atoms with van der Waals surface area (Å²) >= 11 is 12.0. The number of nitrogens with zero attached hydrogens (tertiary/aromatic N) is 2. The molecule has 0 spiro atoms. The van der Waals surface area contributed by atoms with Crippen molar-refractivity contribution in [1.82, 2.24) is 9.78 Å². The van der Waals surface area contributed by atoms with Gasteiger partial charge in [-0.2, -0.15) is 5.10 Å². The van der Waals surface area contributed by atoms with Crippen molar-refractivity contribution in [1.29, 1.82) is 0 Å². The topological polar surface area (TPSA) is 82.5 Å². The average Bonchev–Trinajstić information content (AvgIpc) is 3.07. The number of halogens is 2. The molecule has 2 aromatic carbocycles. The standard InChI is InChI=1S/C20H17Cl2N3O4/c1-25-10-16(18(24-25)20(27)28-2)23-19(26)13-5-3-4-12(8-13)11-29-17-7-6-14(21)9-15(17)22/h3-10H,11H2,1-2H3,(H,23,26). The first-order valence-corrected chi connectivity index (χ1v) is 9.23. The Bertz CT molecular complexity index is 1070. The summed E-state index contributed by atoms with van der Waals surface area (Å²) in [5.41, 5.74) is 1.45. The zero-order valence-electron chi connectivity index (χ0n) is 15.6. The quantitative estimate of drug-likeness (QED) is 0.584. The summed E-state index contributed by atoms with van der Waals surface area (Å²) in [6.45, 7) is 0.211. The maximum atomic E-state index is 12.6. The van der Waals surface area contributed by atoms with E-state index in [1.807, 2.05) is 6.07 Å². The molecule has 0 fully saturated rings. The third-order valence-corrected chi connectivity index (χ3v) is 4.46. The highest BCUT2D eigenvalue weighted by Crippen LogP contribution is 2.28. The fourth-order valence-electron chi connectivity index (χ4n) is 2.58. The van der Waals surface area contributed by atoms with Gasteiger partial charge in [0.05, 0.1) is 17.8 Å². The van der Waals surface area contributed by atoms with E-state index < -0.39 is 11.9 Å². The Labute approximate surface area is 177 Å². The molecule has 0 unspecified atom stereocenters. The molecule has 0 aliphatic heterocycles. The lowest BCUT2D eigenvalue weighted by molar-refractivity contribution is 0.0594. The monoisotopic (exact) mass is 433 g/mol. The SMILES string of the molecule is COC(=O)c1nn(C)cc1NC(=O)c1cccc(COc2ccc(Cl)cc2Cl)c1. The van der Waals surface area contributed by atoms with Gasteiger partial charge in [0, 0.05) is 23.8 Å². The maximum Gasteiger partial charge on any atom is 0.360 e. The number of carbonyl (C=O) groups excluding carboxylic acids is 2. The molecule has 0 atom stereocenters. The van der Waals surface area contributed by atoms with E-state index in [2.05, 4.69) is 15.2 Å². The number of benzene rings is 2. The molecule has 29 heavy (non-hydrogen) atoms. The number of esters is 1. The Hall–Kier alpha value is -3.03. The zero-order chi connectivity index (χ0) is 21.0. The van der Waals surface area contributed by atoms with Crippen LogP contribution in [0, 0.1) is 0 Å². The normalized spacial score (nSPS) is 10.5. The lowest BCUT2D eigenvalue weighted by Gasteiger charge is -2.10. The number of aryl methyl sites for hydroxylation is 1. The number of rotatable bonds is 6. The van der Waals surface area contributed by atoms with E-state index in [4.69, 9.17) is 27.9 Å². The summed E-state index contributed by atoms with van der Waals surface area (Å²) < 4.78 is 11.8. The van der Waals surface area contributed by atoms with Gasteiger partial charge in [0.25, 0.3) is 5.91 Å². The van der Waals surface area contributed by atoms with Gasteiger partial charge in [0.1, 0.15) is 12.4 Å². The van der Waals surface area contributed by atoms with Gasteiger partial charge in [0.2, 0.25) is 0 Å². The van der Waals surface area contributed by atoms with Crippen molar-refractivity contribution in [3.05, 3.63) is 75.5 Å². The fourth-order valence-corrected chi connectivity index (χ4v) is 3.04. The van der Waals surface area contributed by atoms with Crippen molar-refractivity contribution in [3.8, 4) is 5.75 Å². The third kappa shape index (κ3) is 5.07. The number of ether oxygens (including phenoxy) is 2. The summed E-state index contributed by atoms with van der Waals surface area (Å²) in [6.07, 6.45) is 1.53. The summed E-state index contributed by atoms with van der Waals surface area (Å²) in [5.74, 6) is -0.540. The maximum absolute atomic E-state index is 12.6. The van der Waals surface area contributed by atoms with Crippen LogP contribution in [0.3, 0.4) is 0 Å². The molecule has 1 heterocycles. The van der Waals surface area contributed by atoms with Crippen LogP contribution in [-0.4, -0.2) is 28.8 Å². The molecule has 3 aromatic rings. The van der Waals surface area contributed by atoms with E-state index in [-0.39, 0.29) is 18.0 Å². The van der Waals surface area contributed by atoms with E-state index in [1.165, 1.54) is 18.0 Å². The Morgan fingerprint density at radius 1 is 1.17 bits per heavy atom. The van der Waals surface area contributed by atoms with Crippen LogP contribution in [0.25, 0.3) is 0 Å². The lowest BCUT2D eigenvalue weighted by Crippen LogP contribution is -2.15. The van der Waals surface area contributed by atoms with E-state index in [1.54, 1.807) is 43.4 Å². The molecule has 1 N–H and O–H groups in total. The van der Waals surface area contributed by atoms with Crippen LogP contribution in [0.1, 0.15) is 26.4 Å². The van der Waals surface area contributed by atoms with Crippen LogP contribution in [0.15, 0.2) is 48.7 Å². The van der Waals surface area contributed by atoms with Gasteiger partial charge in [0.15, 0.2) is 5.69 Å². The lowest BCUT2D eigenvalue weighted by atomic mass is 10.1. The van der Waals surface area contributed by atoms with Gasteiger partial charge < -0.3 is 14.8 Å². The first kappa shape index (κ1) is 20.7. The minimum Gasteiger partial charge on any atom is -0.487 e. The Morgan fingerprint density at radius 3 is 2.69 bits per heavy atom. The fraction of sp³-hybridized carbons (Fsp3) is 0.150. The van der Waals surface area contributed by atoms with Crippen molar-refractivity contribution in [3.63, 3.8) is 0 Å². The highest BCUT2D eigenvalue weighted by molar-refractivity contribution is 6.35. The van der Waals surface area contributed by atoms with E-state index in [0.29, 0.717) is 21.4 Å². The number of aromatic nitrogens is 2. The zero-order valence-corrected chi connectivity index (χ0v) is 17.1. The Balaban J connectivity index is 1.72. The number of carbonyl (C=O) groups is 2. The van der Waals surface area contributed by atoms with Gasteiger partial charge in [-0.3, -0.25) is 9.48 Å². The van der Waals surface area contributed by atoms with Crippen LogP contribution >= 0.6 is 23.2 Å². The first-order chi connectivity index (χ1) is 13.9. The molecule has 3 rings (SSSR count). The molecular formula is C20H17Cl2N3O4. The van der Waals surface area contributed by atoms with Gasteiger partial charge in [-0.1, -0.05) is 35.3 Å². The molecule has 1 aromatic heterocycles. The molecule has 9 heteroatoms. The third-order valence-electron chi connectivity index (χ3n) is 3.93. The Morgan fingerprint density at radius 2 is 1.97 bits per heavy atom. The van der Waals surface area contributed by atoms with Crippen molar-refractivity contribution in [2.24, 2.45) is 7.05 Å².